The molecule has 0 N–H and O–H groups in total. The molecule has 0 spiro atoms. The van der Waals surface area contributed by atoms with Crippen molar-refractivity contribution in [3.63, 3.8) is 0 Å². The van der Waals surface area contributed by atoms with Crippen molar-refractivity contribution in [3.05, 3.63) is 80.8 Å². The van der Waals surface area contributed by atoms with Gasteiger partial charge in [0, 0.05) is 44.3 Å². The van der Waals surface area contributed by atoms with Gasteiger partial charge < -0.3 is 4.90 Å². The van der Waals surface area contributed by atoms with Gasteiger partial charge in [-0.25, -0.2) is 4.98 Å². The largest absolute Gasteiger partial charge is 0.368 e. The fourth-order valence-corrected chi connectivity index (χ4v) is 5.50. The van der Waals surface area contributed by atoms with E-state index in [2.05, 4.69) is 46.8 Å². The Bertz CT molecular complexity index is 1200. The van der Waals surface area contributed by atoms with Crippen LogP contribution in [0.1, 0.15) is 55.4 Å². The molecule has 3 heterocycles. The van der Waals surface area contributed by atoms with Crippen molar-refractivity contribution in [1.82, 2.24) is 14.8 Å². The highest BCUT2D eigenvalue weighted by atomic mass is 32.1. The summed E-state index contributed by atoms with van der Waals surface area (Å²) in [6.45, 7) is 10.6. The van der Waals surface area contributed by atoms with Crippen LogP contribution in [0.2, 0.25) is 0 Å². The summed E-state index contributed by atoms with van der Waals surface area (Å²) >= 11 is 1.46. The van der Waals surface area contributed by atoms with Crippen LogP contribution in [0.25, 0.3) is 0 Å². The maximum absolute atomic E-state index is 13.4. The van der Waals surface area contributed by atoms with Gasteiger partial charge in [0.05, 0.1) is 22.9 Å². The fraction of sp³-hybridized carbons (Fsp3) is 0.346. The lowest BCUT2D eigenvalue weighted by atomic mass is 10.0. The van der Waals surface area contributed by atoms with Gasteiger partial charge >= 0.3 is 0 Å². The van der Waals surface area contributed by atoms with Crippen LogP contribution in [0.15, 0.2) is 48.0 Å². The molecular weight excluding hydrogens is 432 g/mol. The molecule has 2 amide bonds. The molecule has 0 saturated carbocycles. The number of carbonyl (C=O) groups is 2. The number of rotatable bonds is 5. The van der Waals surface area contributed by atoms with E-state index in [9.17, 15) is 9.59 Å². The number of hydrogen-bond acceptors (Lipinski definition) is 6. The molecule has 6 nitrogen and oxygen atoms in total. The minimum Gasteiger partial charge on any atom is -0.368 e. The van der Waals surface area contributed by atoms with Crippen molar-refractivity contribution < 1.29 is 9.59 Å². The number of aryl methyl sites for hydroxylation is 2. The van der Waals surface area contributed by atoms with E-state index in [-0.39, 0.29) is 17.9 Å². The van der Waals surface area contributed by atoms with Crippen molar-refractivity contribution in [2.75, 3.05) is 31.1 Å². The lowest BCUT2D eigenvalue weighted by Crippen LogP contribution is -2.46. The van der Waals surface area contributed by atoms with Gasteiger partial charge in [-0.1, -0.05) is 29.8 Å². The second kappa shape index (κ2) is 8.72. The van der Waals surface area contributed by atoms with Crippen LogP contribution in [0.3, 0.4) is 0 Å². The molecular formula is C26H28N4O2S. The van der Waals surface area contributed by atoms with Gasteiger partial charge in [-0.2, -0.15) is 0 Å². The Labute approximate surface area is 198 Å². The summed E-state index contributed by atoms with van der Waals surface area (Å²) < 4.78 is 0. The Morgan fingerprint density at radius 2 is 1.82 bits per heavy atom. The van der Waals surface area contributed by atoms with Crippen LogP contribution in [-0.4, -0.2) is 52.8 Å². The highest BCUT2D eigenvalue weighted by Gasteiger charge is 2.42. The third kappa shape index (κ3) is 3.96. The average Bonchev–Trinajstić information content (AvgIpc) is 3.44. The lowest BCUT2D eigenvalue weighted by molar-refractivity contribution is 0.0595. The van der Waals surface area contributed by atoms with Gasteiger partial charge in [0.25, 0.3) is 11.8 Å². The highest BCUT2D eigenvalue weighted by Crippen LogP contribution is 2.37. The zero-order valence-corrected chi connectivity index (χ0v) is 20.1. The van der Waals surface area contributed by atoms with Crippen molar-refractivity contribution in [3.8, 4) is 0 Å². The Kier molecular flexibility index (Phi) is 5.76. The minimum absolute atomic E-state index is 0.217. The third-order valence-electron chi connectivity index (χ3n) is 6.73. The maximum Gasteiger partial charge on any atom is 0.264 e. The molecule has 7 heteroatoms. The molecule has 170 valence electrons. The molecule has 2 aliphatic rings. The van der Waals surface area contributed by atoms with E-state index in [1.54, 1.807) is 12.3 Å². The Hall–Kier alpha value is -3.03. The van der Waals surface area contributed by atoms with Crippen LogP contribution in [0, 0.1) is 13.8 Å². The van der Waals surface area contributed by atoms with E-state index in [0.717, 1.165) is 43.4 Å². The van der Waals surface area contributed by atoms with Crippen LogP contribution >= 0.6 is 11.3 Å². The fourth-order valence-electron chi connectivity index (χ4n) is 4.81. The van der Waals surface area contributed by atoms with Crippen LogP contribution in [0.4, 0.5) is 5.69 Å². The molecule has 1 atom stereocenters. The Morgan fingerprint density at radius 3 is 2.55 bits per heavy atom. The molecule has 1 saturated heterocycles. The number of anilines is 1. The molecule has 0 bridgehead atoms. The van der Waals surface area contributed by atoms with Crippen molar-refractivity contribution >= 4 is 28.8 Å². The second-order valence-electron chi connectivity index (χ2n) is 8.92. The highest BCUT2D eigenvalue weighted by molar-refractivity contribution is 7.09. The average molecular weight is 461 g/mol. The van der Waals surface area contributed by atoms with Gasteiger partial charge in [-0.15, -0.1) is 11.3 Å². The number of amides is 2. The van der Waals surface area contributed by atoms with E-state index in [1.165, 1.54) is 32.9 Å². The molecule has 0 unspecified atom stereocenters. The molecule has 0 aliphatic carbocycles. The summed E-state index contributed by atoms with van der Waals surface area (Å²) in [6.07, 6.45) is 1.71. The summed E-state index contributed by atoms with van der Waals surface area (Å²) in [5, 5.41) is 2.64. The summed E-state index contributed by atoms with van der Waals surface area (Å²) in [4.78, 5) is 37.0. The number of thiazole rings is 1. The van der Waals surface area contributed by atoms with Gasteiger partial charge in [-0.05, 0) is 44.0 Å². The summed E-state index contributed by atoms with van der Waals surface area (Å²) in [6, 6.07) is 11.9. The quantitative estimate of drug-likeness (QED) is 0.527. The molecule has 3 aromatic rings. The smallest absolute Gasteiger partial charge is 0.264 e. The molecule has 2 aromatic carbocycles. The number of aromatic nitrogens is 1. The van der Waals surface area contributed by atoms with Crippen molar-refractivity contribution in [2.45, 2.75) is 33.4 Å². The van der Waals surface area contributed by atoms with E-state index in [0.29, 0.717) is 11.1 Å². The number of benzene rings is 2. The summed E-state index contributed by atoms with van der Waals surface area (Å²) in [5.74, 6) is -0.445. The summed E-state index contributed by atoms with van der Waals surface area (Å²) in [5.41, 5.74) is 5.88. The lowest BCUT2D eigenvalue weighted by Gasteiger charge is -2.37. The molecule has 1 fully saturated rings. The second-order valence-corrected chi connectivity index (χ2v) is 9.85. The van der Waals surface area contributed by atoms with Gasteiger partial charge in [0.1, 0.15) is 5.01 Å². The number of piperazine rings is 1. The standard InChI is InChI=1S/C26H28N4O2S/c1-17-7-8-18(2)20(15-17)16-28-10-12-29(13-11-28)22-6-4-5-21-23(22)26(32)30(25(21)31)19(3)24-27-9-14-33-24/h4-9,14-15,19H,10-13,16H2,1-3H3/t19-/m1/s1. The van der Waals surface area contributed by atoms with E-state index < -0.39 is 0 Å². The number of imide groups is 1. The van der Waals surface area contributed by atoms with E-state index >= 15 is 0 Å². The third-order valence-corrected chi connectivity index (χ3v) is 7.68. The first-order valence-corrected chi connectivity index (χ1v) is 12.3. The SMILES string of the molecule is Cc1ccc(C)c(CN2CCN(c3cccc4c3C(=O)N([C@H](C)c3nccs3)C4=O)CC2)c1. The number of carbonyl (C=O) groups excluding carboxylic acids is 2. The molecule has 33 heavy (non-hydrogen) atoms. The van der Waals surface area contributed by atoms with Crippen LogP contribution in [0.5, 0.6) is 0 Å². The van der Waals surface area contributed by atoms with Crippen molar-refractivity contribution in [1.29, 1.82) is 0 Å². The molecule has 0 radical (unpaired) electrons. The topological polar surface area (TPSA) is 56.8 Å². The first kappa shape index (κ1) is 21.8. The first-order valence-electron chi connectivity index (χ1n) is 11.4. The van der Waals surface area contributed by atoms with Gasteiger partial charge in [0.2, 0.25) is 0 Å². The maximum atomic E-state index is 13.4. The number of fused-ring (bicyclic) bond motifs is 1. The van der Waals surface area contributed by atoms with Gasteiger partial charge in [0.15, 0.2) is 0 Å². The number of nitrogens with zero attached hydrogens (tertiary/aromatic N) is 4. The van der Waals surface area contributed by atoms with Gasteiger partial charge in [-0.3, -0.25) is 19.4 Å². The van der Waals surface area contributed by atoms with E-state index in [4.69, 9.17) is 0 Å². The Morgan fingerprint density at radius 1 is 1.03 bits per heavy atom. The minimum atomic E-state index is -0.375. The summed E-state index contributed by atoms with van der Waals surface area (Å²) in [7, 11) is 0. The molecule has 5 rings (SSSR count). The Balaban J connectivity index is 1.33. The monoisotopic (exact) mass is 460 g/mol. The van der Waals surface area contributed by atoms with Crippen molar-refractivity contribution in [2.24, 2.45) is 0 Å². The first-order chi connectivity index (χ1) is 15.9. The molecule has 2 aliphatic heterocycles. The zero-order chi connectivity index (χ0) is 23.1. The number of hydrogen-bond donors (Lipinski definition) is 0. The molecule has 1 aromatic heterocycles. The predicted octanol–water partition coefficient (Wildman–Crippen LogP) is 4.44. The normalized spacial score (nSPS) is 17.5. The van der Waals surface area contributed by atoms with Crippen LogP contribution in [-0.2, 0) is 6.54 Å². The van der Waals surface area contributed by atoms with E-state index in [1.807, 2.05) is 24.4 Å². The zero-order valence-electron chi connectivity index (χ0n) is 19.2. The predicted molar refractivity (Wildman–Crippen MR) is 131 cm³/mol. The van der Waals surface area contributed by atoms with Crippen LogP contribution < -0.4 is 4.90 Å².